The molecular weight excluding hydrogens is 458 g/mol. The van der Waals surface area contributed by atoms with E-state index in [1.165, 1.54) is 11.8 Å². The Morgan fingerprint density at radius 2 is 1.62 bits per heavy atom. The number of carbonyl (C=O) groups is 1. The zero-order valence-corrected chi connectivity index (χ0v) is 19.2. The quantitative estimate of drug-likeness (QED) is 0.292. The van der Waals surface area contributed by atoms with Crippen LogP contribution in [0.15, 0.2) is 52.1 Å². The molecular formula is C24H19N3O6S. The van der Waals surface area contributed by atoms with Crippen LogP contribution in [0, 0.1) is 13.8 Å². The number of rotatable bonds is 6. The van der Waals surface area contributed by atoms with Crippen molar-refractivity contribution in [1.82, 2.24) is 14.8 Å². The Morgan fingerprint density at radius 3 is 2.41 bits per heavy atom. The van der Waals surface area contributed by atoms with Gasteiger partial charge in [0.15, 0.2) is 28.8 Å². The zero-order valence-electron chi connectivity index (χ0n) is 18.4. The normalized spacial score (nSPS) is 13.5. The van der Waals surface area contributed by atoms with Gasteiger partial charge in [-0.3, -0.25) is 4.79 Å². The van der Waals surface area contributed by atoms with E-state index in [-0.39, 0.29) is 25.1 Å². The van der Waals surface area contributed by atoms with Crippen LogP contribution in [0.25, 0.3) is 17.1 Å². The van der Waals surface area contributed by atoms with Crippen molar-refractivity contribution in [3.8, 4) is 40.1 Å². The number of ether oxygens (including phenoxy) is 4. The molecule has 0 spiro atoms. The van der Waals surface area contributed by atoms with Gasteiger partial charge < -0.3 is 27.9 Å². The van der Waals surface area contributed by atoms with Crippen molar-refractivity contribution in [2.75, 3.05) is 19.3 Å². The lowest BCUT2D eigenvalue weighted by molar-refractivity contribution is 0.102. The zero-order chi connectivity index (χ0) is 23.2. The lowest BCUT2D eigenvalue weighted by Crippen LogP contribution is -2.05. The molecule has 6 rings (SSSR count). The number of aromatic nitrogens is 3. The van der Waals surface area contributed by atoms with Gasteiger partial charge in [-0.1, -0.05) is 11.8 Å². The second-order valence-corrected chi connectivity index (χ2v) is 8.74. The molecule has 2 aromatic carbocycles. The van der Waals surface area contributed by atoms with Crippen molar-refractivity contribution in [2.45, 2.75) is 19.1 Å². The summed E-state index contributed by atoms with van der Waals surface area (Å²) >= 11 is 1.21. The number of fused-ring (bicyclic) bond motifs is 2. The summed E-state index contributed by atoms with van der Waals surface area (Å²) in [5.41, 5.74) is 4.10. The highest BCUT2D eigenvalue weighted by molar-refractivity contribution is 7.99. The van der Waals surface area contributed by atoms with Crippen LogP contribution in [0.5, 0.6) is 23.0 Å². The summed E-state index contributed by atoms with van der Waals surface area (Å²) in [5.74, 6) is 3.25. The molecule has 0 saturated carbocycles. The number of ketones is 1. The first-order valence-electron chi connectivity index (χ1n) is 10.6. The first kappa shape index (κ1) is 20.7. The van der Waals surface area contributed by atoms with E-state index in [1.54, 1.807) is 12.1 Å². The molecule has 9 nitrogen and oxygen atoms in total. The standard InChI is InChI=1S/C24H19N3O6S/c1-13-7-17(14(2)27(13)16-4-6-20-22(9-16)32-12-30-20)18(28)10-34-24-26-25-23(33-24)15-3-5-19-21(8-15)31-11-29-19/h3-9H,10-12H2,1-2H3. The van der Waals surface area contributed by atoms with Gasteiger partial charge in [0.2, 0.25) is 19.5 Å². The van der Waals surface area contributed by atoms with Crippen molar-refractivity contribution < 1.29 is 28.2 Å². The maximum absolute atomic E-state index is 13.0. The summed E-state index contributed by atoms with van der Waals surface area (Å²) in [5, 5.41) is 8.49. The van der Waals surface area contributed by atoms with Gasteiger partial charge >= 0.3 is 0 Å². The number of hydrogen-bond acceptors (Lipinski definition) is 9. The van der Waals surface area contributed by atoms with Gasteiger partial charge in [0.1, 0.15) is 0 Å². The van der Waals surface area contributed by atoms with Crippen molar-refractivity contribution >= 4 is 17.5 Å². The maximum Gasteiger partial charge on any atom is 0.277 e. The smallest absolute Gasteiger partial charge is 0.277 e. The van der Waals surface area contributed by atoms with Crippen LogP contribution in [-0.4, -0.2) is 39.9 Å². The van der Waals surface area contributed by atoms with Gasteiger partial charge in [0.25, 0.3) is 5.22 Å². The number of carbonyl (C=O) groups excluding carboxylic acids is 1. The molecule has 0 atom stereocenters. The second kappa shape index (κ2) is 8.14. The van der Waals surface area contributed by atoms with Gasteiger partial charge in [0, 0.05) is 34.3 Å². The fourth-order valence-electron chi connectivity index (χ4n) is 4.09. The molecule has 34 heavy (non-hydrogen) atoms. The second-order valence-electron chi connectivity index (χ2n) is 7.81. The first-order chi connectivity index (χ1) is 16.6. The Bertz CT molecular complexity index is 1430. The Morgan fingerprint density at radius 1 is 0.912 bits per heavy atom. The molecule has 0 fully saturated rings. The fourth-order valence-corrected chi connectivity index (χ4v) is 4.73. The predicted molar refractivity (Wildman–Crippen MR) is 122 cm³/mol. The minimum atomic E-state index is -0.0204. The Hall–Kier alpha value is -3.92. The lowest BCUT2D eigenvalue weighted by atomic mass is 10.2. The van der Waals surface area contributed by atoms with Crippen LogP contribution >= 0.6 is 11.8 Å². The van der Waals surface area contributed by atoms with E-state index in [4.69, 9.17) is 23.4 Å². The number of aryl methyl sites for hydroxylation is 1. The number of nitrogens with zero attached hydrogens (tertiary/aromatic N) is 3. The topological polar surface area (TPSA) is 97.8 Å². The Labute approximate surface area is 198 Å². The minimum Gasteiger partial charge on any atom is -0.454 e. The number of thioether (sulfide) groups is 1. The molecule has 4 aromatic rings. The summed E-state index contributed by atoms with van der Waals surface area (Å²) in [6, 6.07) is 13.1. The molecule has 0 unspecified atom stereocenters. The predicted octanol–water partition coefficient (Wildman–Crippen LogP) is 4.58. The van der Waals surface area contributed by atoms with E-state index < -0.39 is 0 Å². The molecule has 0 amide bonds. The van der Waals surface area contributed by atoms with E-state index >= 15 is 0 Å². The fraction of sp³-hybridized carbons (Fsp3) is 0.208. The van der Waals surface area contributed by atoms with Crippen LogP contribution in [0.4, 0.5) is 0 Å². The average molecular weight is 477 g/mol. The minimum absolute atomic E-state index is 0.0204. The third kappa shape index (κ3) is 3.56. The molecule has 0 radical (unpaired) electrons. The summed E-state index contributed by atoms with van der Waals surface area (Å²) < 4.78 is 29.4. The summed E-state index contributed by atoms with van der Waals surface area (Å²) in [7, 11) is 0. The monoisotopic (exact) mass is 477 g/mol. The van der Waals surface area contributed by atoms with E-state index in [0.717, 1.165) is 28.4 Å². The average Bonchev–Trinajstić information content (AvgIpc) is 3.63. The largest absolute Gasteiger partial charge is 0.454 e. The molecule has 4 heterocycles. The van der Waals surface area contributed by atoms with Gasteiger partial charge in [-0.2, -0.15) is 0 Å². The molecule has 0 saturated heterocycles. The highest BCUT2D eigenvalue weighted by Crippen LogP contribution is 2.37. The Balaban J connectivity index is 1.17. The third-order valence-electron chi connectivity index (χ3n) is 5.70. The first-order valence-corrected chi connectivity index (χ1v) is 11.5. The summed E-state index contributed by atoms with van der Waals surface area (Å²) in [4.78, 5) is 13.0. The van der Waals surface area contributed by atoms with Crippen LogP contribution < -0.4 is 18.9 Å². The van der Waals surface area contributed by atoms with Crippen LogP contribution in [-0.2, 0) is 0 Å². The number of Topliss-reactive ketones (excluding diaryl/α,β-unsaturated/α-hetero) is 1. The summed E-state index contributed by atoms with van der Waals surface area (Å²) in [6.45, 7) is 4.31. The highest BCUT2D eigenvalue weighted by Gasteiger charge is 2.21. The van der Waals surface area contributed by atoms with E-state index in [1.807, 2.05) is 48.7 Å². The molecule has 0 aliphatic carbocycles. The van der Waals surface area contributed by atoms with Crippen LogP contribution in [0.2, 0.25) is 0 Å². The lowest BCUT2D eigenvalue weighted by Gasteiger charge is -2.10. The van der Waals surface area contributed by atoms with Crippen molar-refractivity contribution in [3.05, 3.63) is 59.4 Å². The number of hydrogen-bond donors (Lipinski definition) is 0. The van der Waals surface area contributed by atoms with E-state index in [0.29, 0.717) is 33.9 Å². The van der Waals surface area contributed by atoms with Gasteiger partial charge in [-0.05, 0) is 50.2 Å². The molecule has 0 bridgehead atoms. The molecule has 0 N–H and O–H groups in total. The van der Waals surface area contributed by atoms with Crippen LogP contribution in [0.3, 0.4) is 0 Å². The highest BCUT2D eigenvalue weighted by atomic mass is 32.2. The third-order valence-corrected chi connectivity index (χ3v) is 6.52. The molecule has 172 valence electrons. The molecule has 10 heteroatoms. The Kier molecular flexibility index (Phi) is 4.95. The summed E-state index contributed by atoms with van der Waals surface area (Å²) in [6.07, 6.45) is 0. The van der Waals surface area contributed by atoms with E-state index in [2.05, 4.69) is 10.2 Å². The van der Waals surface area contributed by atoms with Gasteiger partial charge in [0.05, 0.1) is 5.75 Å². The SMILES string of the molecule is Cc1cc(C(=O)CSc2nnc(-c3ccc4c(c3)OCO4)o2)c(C)n1-c1ccc2c(c1)OCO2. The van der Waals surface area contributed by atoms with E-state index in [9.17, 15) is 4.79 Å². The van der Waals surface area contributed by atoms with Crippen LogP contribution in [0.1, 0.15) is 21.7 Å². The maximum atomic E-state index is 13.0. The van der Waals surface area contributed by atoms with Gasteiger partial charge in [-0.15, -0.1) is 10.2 Å². The molecule has 2 aliphatic heterocycles. The van der Waals surface area contributed by atoms with Crippen molar-refractivity contribution in [2.24, 2.45) is 0 Å². The molecule has 2 aromatic heterocycles. The van der Waals surface area contributed by atoms with Crippen molar-refractivity contribution in [1.29, 1.82) is 0 Å². The molecule has 2 aliphatic rings. The number of benzene rings is 2. The van der Waals surface area contributed by atoms with Crippen molar-refractivity contribution in [3.63, 3.8) is 0 Å². The van der Waals surface area contributed by atoms with Gasteiger partial charge in [-0.25, -0.2) is 0 Å².